The Morgan fingerprint density at radius 3 is 2.43 bits per heavy atom. The second kappa shape index (κ2) is 7.57. The molecule has 7 heteroatoms. The first kappa shape index (κ1) is 18.1. The third-order valence-corrected chi connectivity index (χ3v) is 5.21. The van der Waals surface area contributed by atoms with Crippen LogP contribution < -0.4 is 9.47 Å². The van der Waals surface area contributed by atoms with Gasteiger partial charge in [-0.1, -0.05) is 25.6 Å². The van der Waals surface area contributed by atoms with Gasteiger partial charge in [0.05, 0.1) is 23.9 Å². The van der Waals surface area contributed by atoms with Crippen molar-refractivity contribution in [2.24, 2.45) is 5.92 Å². The average molecular weight is 402 g/mol. The topological polar surface area (TPSA) is 55.8 Å². The summed E-state index contributed by atoms with van der Waals surface area (Å²) in [4.78, 5) is 25.9. The van der Waals surface area contributed by atoms with Crippen LogP contribution in [0.4, 0.5) is 4.79 Å². The number of benzene rings is 1. The summed E-state index contributed by atoms with van der Waals surface area (Å²) >= 11 is 4.53. The van der Waals surface area contributed by atoms with Crippen molar-refractivity contribution in [2.75, 3.05) is 20.8 Å². The molecule has 0 radical (unpaired) electrons. The van der Waals surface area contributed by atoms with E-state index in [2.05, 4.69) is 15.9 Å². The Bertz CT molecular complexity index is 620. The van der Waals surface area contributed by atoms with Crippen LogP contribution in [0.25, 0.3) is 0 Å². The molecule has 0 saturated carbocycles. The largest absolute Gasteiger partial charge is 0.496 e. The lowest BCUT2D eigenvalue weighted by Crippen LogP contribution is -2.35. The summed E-state index contributed by atoms with van der Waals surface area (Å²) in [5.41, 5.74) is 0.866. The molecule has 0 N–H and O–H groups in total. The minimum atomic E-state index is -0.407. The van der Waals surface area contributed by atoms with E-state index in [9.17, 15) is 9.59 Å². The fourth-order valence-corrected chi connectivity index (χ4v) is 4.02. The molecule has 2 rings (SSSR count). The molecule has 1 aliphatic rings. The second-order valence-corrected chi connectivity index (χ2v) is 7.73. The normalized spacial score (nSPS) is 18.0. The van der Waals surface area contributed by atoms with Crippen LogP contribution in [0.1, 0.15) is 19.4 Å². The van der Waals surface area contributed by atoms with Crippen LogP contribution in [0, 0.1) is 5.92 Å². The SMILES string of the molecule is COc1cc(OC)c(C[C@H]2SC(=O)N(CC(C)C)C2=O)cc1Br. The monoisotopic (exact) mass is 401 g/mol. The lowest BCUT2D eigenvalue weighted by Gasteiger charge is -2.17. The highest BCUT2D eigenvalue weighted by Crippen LogP contribution is 2.37. The molecule has 1 fully saturated rings. The lowest BCUT2D eigenvalue weighted by atomic mass is 10.1. The Morgan fingerprint density at radius 1 is 1.22 bits per heavy atom. The van der Waals surface area contributed by atoms with Crippen molar-refractivity contribution in [2.45, 2.75) is 25.5 Å². The molecule has 0 unspecified atom stereocenters. The average Bonchev–Trinajstić information content (AvgIpc) is 2.75. The Labute approximate surface area is 148 Å². The maximum atomic E-state index is 12.5. The van der Waals surface area contributed by atoms with Crippen molar-refractivity contribution in [3.8, 4) is 11.5 Å². The third kappa shape index (κ3) is 4.01. The maximum absolute atomic E-state index is 12.5. The second-order valence-electron chi connectivity index (χ2n) is 5.72. The van der Waals surface area contributed by atoms with E-state index >= 15 is 0 Å². The molecule has 126 valence electrons. The molecule has 23 heavy (non-hydrogen) atoms. The van der Waals surface area contributed by atoms with Crippen molar-refractivity contribution in [1.82, 2.24) is 4.90 Å². The van der Waals surface area contributed by atoms with Crippen molar-refractivity contribution in [3.05, 3.63) is 22.2 Å². The number of halogens is 1. The molecule has 0 spiro atoms. The van der Waals surface area contributed by atoms with Gasteiger partial charge in [0, 0.05) is 12.6 Å². The summed E-state index contributed by atoms with van der Waals surface area (Å²) in [5, 5.41) is -0.573. The number of amides is 2. The summed E-state index contributed by atoms with van der Waals surface area (Å²) in [6.45, 7) is 4.44. The zero-order valence-corrected chi connectivity index (χ0v) is 16.0. The first-order chi connectivity index (χ1) is 10.9. The molecule has 1 atom stereocenters. The van der Waals surface area contributed by atoms with Gasteiger partial charge >= 0.3 is 0 Å². The zero-order valence-electron chi connectivity index (χ0n) is 13.6. The number of thioether (sulfide) groups is 1. The van der Waals surface area contributed by atoms with E-state index in [1.165, 1.54) is 4.90 Å². The Morgan fingerprint density at radius 2 is 1.87 bits per heavy atom. The molecule has 2 amide bonds. The Balaban J connectivity index is 2.21. The summed E-state index contributed by atoms with van der Waals surface area (Å²) in [7, 11) is 3.16. The van der Waals surface area contributed by atoms with E-state index in [0.717, 1.165) is 21.8 Å². The molecule has 0 bridgehead atoms. The van der Waals surface area contributed by atoms with Crippen LogP contribution >= 0.6 is 27.7 Å². The highest BCUT2D eigenvalue weighted by atomic mass is 79.9. The highest BCUT2D eigenvalue weighted by molar-refractivity contribution is 9.10. The Hall–Kier alpha value is -1.21. The van der Waals surface area contributed by atoms with Crippen molar-refractivity contribution in [3.63, 3.8) is 0 Å². The zero-order chi connectivity index (χ0) is 17.1. The predicted molar refractivity (Wildman–Crippen MR) is 94.3 cm³/mol. The minimum Gasteiger partial charge on any atom is -0.496 e. The maximum Gasteiger partial charge on any atom is 0.289 e. The van der Waals surface area contributed by atoms with Gasteiger partial charge in [0.15, 0.2) is 0 Å². The van der Waals surface area contributed by atoms with Crippen LogP contribution in [0.5, 0.6) is 11.5 Å². The number of methoxy groups -OCH3 is 2. The first-order valence-electron chi connectivity index (χ1n) is 7.29. The van der Waals surface area contributed by atoms with Gasteiger partial charge in [0.25, 0.3) is 5.24 Å². The number of hydrogen-bond donors (Lipinski definition) is 0. The molecule has 1 aliphatic heterocycles. The summed E-state index contributed by atoms with van der Waals surface area (Å²) < 4.78 is 11.4. The summed E-state index contributed by atoms with van der Waals surface area (Å²) in [5.74, 6) is 1.44. The number of carbonyl (C=O) groups is 2. The minimum absolute atomic E-state index is 0.123. The fourth-order valence-electron chi connectivity index (χ4n) is 2.44. The van der Waals surface area contributed by atoms with E-state index in [4.69, 9.17) is 9.47 Å². The van der Waals surface area contributed by atoms with E-state index in [-0.39, 0.29) is 17.1 Å². The number of carbonyl (C=O) groups excluding carboxylic acids is 2. The van der Waals surface area contributed by atoms with Crippen LogP contribution in [0.3, 0.4) is 0 Å². The van der Waals surface area contributed by atoms with Crippen LogP contribution in [-0.4, -0.2) is 42.1 Å². The molecule has 0 aliphatic carbocycles. The molecule has 5 nitrogen and oxygen atoms in total. The molecular formula is C16H20BrNO4S. The van der Waals surface area contributed by atoms with E-state index in [0.29, 0.717) is 24.5 Å². The number of hydrogen-bond acceptors (Lipinski definition) is 5. The van der Waals surface area contributed by atoms with Gasteiger partial charge in [-0.15, -0.1) is 0 Å². The number of ether oxygens (including phenoxy) is 2. The van der Waals surface area contributed by atoms with E-state index < -0.39 is 5.25 Å². The van der Waals surface area contributed by atoms with Gasteiger partial charge in [-0.3, -0.25) is 14.5 Å². The van der Waals surface area contributed by atoms with Gasteiger partial charge in [-0.05, 0) is 39.9 Å². The molecule has 1 heterocycles. The summed E-state index contributed by atoms with van der Waals surface area (Å²) in [6.07, 6.45) is 0.440. The van der Waals surface area contributed by atoms with Gasteiger partial charge < -0.3 is 9.47 Å². The summed E-state index contributed by atoms with van der Waals surface area (Å²) in [6, 6.07) is 3.65. The quantitative estimate of drug-likeness (QED) is 0.726. The van der Waals surface area contributed by atoms with Gasteiger partial charge in [-0.25, -0.2) is 0 Å². The number of nitrogens with zero attached hydrogens (tertiary/aromatic N) is 1. The van der Waals surface area contributed by atoms with Gasteiger partial charge in [0.1, 0.15) is 11.5 Å². The Kier molecular flexibility index (Phi) is 5.97. The van der Waals surface area contributed by atoms with Crippen molar-refractivity contribution >= 4 is 38.8 Å². The lowest BCUT2D eigenvalue weighted by molar-refractivity contribution is -0.127. The van der Waals surface area contributed by atoms with Crippen LogP contribution in [0.15, 0.2) is 16.6 Å². The molecule has 1 aromatic rings. The van der Waals surface area contributed by atoms with E-state index in [1.807, 2.05) is 19.9 Å². The highest BCUT2D eigenvalue weighted by Gasteiger charge is 2.40. The van der Waals surface area contributed by atoms with Crippen LogP contribution in [-0.2, 0) is 11.2 Å². The molecule has 1 saturated heterocycles. The van der Waals surface area contributed by atoms with Crippen molar-refractivity contribution < 1.29 is 19.1 Å². The van der Waals surface area contributed by atoms with Gasteiger partial charge in [0.2, 0.25) is 5.91 Å². The molecule has 0 aromatic heterocycles. The molecule has 1 aromatic carbocycles. The smallest absolute Gasteiger partial charge is 0.289 e. The third-order valence-electron chi connectivity index (χ3n) is 3.51. The van der Waals surface area contributed by atoms with Crippen molar-refractivity contribution in [1.29, 1.82) is 0 Å². The van der Waals surface area contributed by atoms with E-state index in [1.54, 1.807) is 20.3 Å². The number of rotatable bonds is 6. The molecular weight excluding hydrogens is 382 g/mol. The first-order valence-corrected chi connectivity index (χ1v) is 8.97. The van der Waals surface area contributed by atoms with Crippen LogP contribution in [0.2, 0.25) is 0 Å². The standard InChI is InChI=1S/C16H20BrNO4S/c1-9(2)8-18-15(19)14(23-16(18)20)6-10-5-11(17)13(22-4)7-12(10)21-3/h5,7,9,14H,6,8H2,1-4H3/t14-/m1/s1. The predicted octanol–water partition coefficient (Wildman–Crippen LogP) is 3.73. The number of imide groups is 1. The van der Waals surface area contributed by atoms with Gasteiger partial charge in [-0.2, -0.15) is 0 Å². The fraction of sp³-hybridized carbons (Fsp3) is 0.500.